The Morgan fingerprint density at radius 3 is 2.53 bits per heavy atom. The fourth-order valence-electron chi connectivity index (χ4n) is 1.19. The zero-order valence-corrected chi connectivity index (χ0v) is 9.14. The molecule has 84 valence electrons. The molecule has 0 aliphatic carbocycles. The van der Waals surface area contributed by atoms with E-state index in [2.05, 4.69) is 15.9 Å². The Morgan fingerprint density at radius 2 is 2.00 bits per heavy atom. The molecule has 6 heteroatoms. The lowest BCUT2D eigenvalue weighted by molar-refractivity contribution is -0.138. The topological polar surface area (TPSA) is 46.2 Å². The summed E-state index contributed by atoms with van der Waals surface area (Å²) < 4.78 is 36.5. The fourth-order valence-corrected chi connectivity index (χ4v) is 1.57. The van der Waals surface area contributed by atoms with Gasteiger partial charge in [-0.1, -0.05) is 12.1 Å². The molecule has 0 saturated heterocycles. The second-order valence-electron chi connectivity index (χ2n) is 3.10. The average molecular weight is 284 g/mol. The van der Waals surface area contributed by atoms with Crippen molar-refractivity contribution in [2.45, 2.75) is 18.6 Å². The molecule has 0 aliphatic heterocycles. The van der Waals surface area contributed by atoms with Crippen LogP contribution in [0, 0.1) is 0 Å². The van der Waals surface area contributed by atoms with E-state index in [1.165, 1.54) is 18.2 Å². The lowest BCUT2D eigenvalue weighted by Crippen LogP contribution is -2.20. The number of rotatable bonds is 2. The Kier molecular flexibility index (Phi) is 3.62. The molecule has 0 heterocycles. The van der Waals surface area contributed by atoms with Gasteiger partial charge in [0.2, 0.25) is 0 Å². The molecule has 0 aliphatic rings. The molecule has 0 unspecified atom stereocenters. The van der Waals surface area contributed by atoms with Crippen molar-refractivity contribution in [3.8, 4) is 5.75 Å². The third-order valence-corrected chi connectivity index (χ3v) is 2.51. The average Bonchev–Trinajstić information content (AvgIpc) is 2.06. The van der Waals surface area contributed by atoms with Gasteiger partial charge in [-0.05, 0) is 22.0 Å². The summed E-state index contributed by atoms with van der Waals surface area (Å²) in [5.74, 6) is -0.241. The van der Waals surface area contributed by atoms with Gasteiger partial charge < -0.3 is 10.8 Å². The summed E-state index contributed by atoms with van der Waals surface area (Å²) in [6, 6.07) is 3.17. The van der Waals surface area contributed by atoms with Crippen molar-refractivity contribution in [1.29, 1.82) is 0 Å². The standard InChI is InChI=1S/C9H9BrF3NO/c10-6-3-1-2-5(8(6)15)7(14)4-9(11,12)13/h1-3,7,15H,4,14H2/t7-/m1/s1. The van der Waals surface area contributed by atoms with Crippen LogP contribution >= 0.6 is 15.9 Å². The maximum absolute atomic E-state index is 12.1. The van der Waals surface area contributed by atoms with Crippen molar-refractivity contribution >= 4 is 15.9 Å². The number of alkyl halides is 3. The molecule has 1 aromatic rings. The number of aromatic hydroxyl groups is 1. The van der Waals surface area contributed by atoms with Crippen LogP contribution in [0.5, 0.6) is 5.75 Å². The SMILES string of the molecule is N[C@H](CC(F)(F)F)c1cccc(Br)c1O. The minimum atomic E-state index is -4.34. The van der Waals surface area contributed by atoms with E-state index in [4.69, 9.17) is 5.73 Å². The largest absolute Gasteiger partial charge is 0.506 e. The number of nitrogens with two attached hydrogens (primary N) is 1. The Balaban J connectivity index is 2.92. The molecule has 1 rings (SSSR count). The van der Waals surface area contributed by atoms with Crippen molar-refractivity contribution in [2.24, 2.45) is 5.73 Å². The first-order valence-electron chi connectivity index (χ1n) is 4.11. The molecule has 0 amide bonds. The highest BCUT2D eigenvalue weighted by molar-refractivity contribution is 9.10. The van der Waals surface area contributed by atoms with Crippen molar-refractivity contribution in [3.05, 3.63) is 28.2 Å². The van der Waals surface area contributed by atoms with Gasteiger partial charge in [0.05, 0.1) is 10.9 Å². The number of para-hydroxylation sites is 1. The second kappa shape index (κ2) is 4.40. The van der Waals surface area contributed by atoms with Gasteiger partial charge >= 0.3 is 6.18 Å². The normalized spacial score (nSPS) is 13.9. The molecule has 0 spiro atoms. The van der Waals surface area contributed by atoms with Crippen LogP contribution in [0.4, 0.5) is 13.2 Å². The van der Waals surface area contributed by atoms with Crippen LogP contribution in [0.15, 0.2) is 22.7 Å². The number of phenolic OH excluding ortho intramolecular Hbond substituents is 1. The molecule has 0 radical (unpaired) electrons. The molecule has 1 atom stereocenters. The monoisotopic (exact) mass is 283 g/mol. The summed E-state index contributed by atoms with van der Waals surface area (Å²) in [5.41, 5.74) is 5.43. The van der Waals surface area contributed by atoms with E-state index in [1.807, 2.05) is 0 Å². The predicted octanol–water partition coefficient (Wildman–Crippen LogP) is 3.11. The van der Waals surface area contributed by atoms with Crippen molar-refractivity contribution in [2.75, 3.05) is 0 Å². The molecule has 15 heavy (non-hydrogen) atoms. The zero-order valence-electron chi connectivity index (χ0n) is 7.55. The lowest BCUT2D eigenvalue weighted by atomic mass is 10.0. The van der Waals surface area contributed by atoms with Gasteiger partial charge in [-0.3, -0.25) is 0 Å². The van der Waals surface area contributed by atoms with Gasteiger partial charge in [0.25, 0.3) is 0 Å². The lowest BCUT2D eigenvalue weighted by Gasteiger charge is -2.16. The van der Waals surface area contributed by atoms with Crippen LogP contribution in [-0.2, 0) is 0 Å². The Bertz CT molecular complexity index is 354. The highest BCUT2D eigenvalue weighted by atomic mass is 79.9. The predicted molar refractivity (Wildman–Crippen MR) is 53.4 cm³/mol. The minimum Gasteiger partial charge on any atom is -0.506 e. The van der Waals surface area contributed by atoms with Crippen LogP contribution in [-0.4, -0.2) is 11.3 Å². The first-order valence-corrected chi connectivity index (χ1v) is 4.90. The zero-order chi connectivity index (χ0) is 11.6. The fraction of sp³-hybridized carbons (Fsp3) is 0.333. The summed E-state index contributed by atoms with van der Waals surface area (Å²) in [7, 11) is 0. The molecule has 0 fully saturated rings. The minimum absolute atomic E-state index is 0.0849. The van der Waals surface area contributed by atoms with Gasteiger partial charge in [-0.15, -0.1) is 0 Å². The van der Waals surface area contributed by atoms with Crippen molar-refractivity contribution in [3.63, 3.8) is 0 Å². The molecule has 0 saturated carbocycles. The Morgan fingerprint density at radius 1 is 1.40 bits per heavy atom. The summed E-state index contributed by atoms with van der Waals surface area (Å²) in [5, 5.41) is 9.47. The van der Waals surface area contributed by atoms with Crippen molar-refractivity contribution in [1.82, 2.24) is 0 Å². The summed E-state index contributed by atoms with van der Waals surface area (Å²) >= 11 is 3.01. The van der Waals surface area contributed by atoms with E-state index in [0.29, 0.717) is 4.47 Å². The smallest absolute Gasteiger partial charge is 0.390 e. The van der Waals surface area contributed by atoms with Gasteiger partial charge in [-0.25, -0.2) is 0 Å². The maximum Gasteiger partial charge on any atom is 0.390 e. The van der Waals surface area contributed by atoms with Gasteiger partial charge in [0, 0.05) is 11.6 Å². The Labute approximate surface area is 93.0 Å². The van der Waals surface area contributed by atoms with Crippen LogP contribution in [0.3, 0.4) is 0 Å². The van der Waals surface area contributed by atoms with Gasteiger partial charge in [-0.2, -0.15) is 13.2 Å². The molecule has 0 aromatic heterocycles. The van der Waals surface area contributed by atoms with E-state index >= 15 is 0 Å². The number of benzene rings is 1. The quantitative estimate of drug-likeness (QED) is 0.876. The number of halogens is 4. The van der Waals surface area contributed by atoms with Crippen molar-refractivity contribution < 1.29 is 18.3 Å². The van der Waals surface area contributed by atoms with Crippen LogP contribution in [0.25, 0.3) is 0 Å². The third kappa shape index (κ3) is 3.39. The molecule has 0 bridgehead atoms. The first-order chi connectivity index (χ1) is 6.81. The van der Waals surface area contributed by atoms with Crippen LogP contribution in [0.1, 0.15) is 18.0 Å². The molecular weight excluding hydrogens is 275 g/mol. The molecule has 3 N–H and O–H groups in total. The third-order valence-electron chi connectivity index (χ3n) is 1.87. The van der Waals surface area contributed by atoms with Gasteiger partial charge in [0.15, 0.2) is 0 Å². The summed E-state index contributed by atoms with van der Waals surface area (Å²) in [6.07, 6.45) is -5.49. The number of hydrogen-bond donors (Lipinski definition) is 2. The number of phenols is 1. The summed E-state index contributed by atoms with van der Waals surface area (Å²) in [6.45, 7) is 0. The van der Waals surface area contributed by atoms with E-state index in [1.54, 1.807) is 0 Å². The molecule has 2 nitrogen and oxygen atoms in total. The van der Waals surface area contributed by atoms with E-state index in [9.17, 15) is 18.3 Å². The van der Waals surface area contributed by atoms with Crippen LogP contribution < -0.4 is 5.73 Å². The Hall–Kier alpha value is -0.750. The first kappa shape index (κ1) is 12.3. The van der Waals surface area contributed by atoms with E-state index < -0.39 is 18.6 Å². The van der Waals surface area contributed by atoms with Crippen LogP contribution in [0.2, 0.25) is 0 Å². The second-order valence-corrected chi connectivity index (χ2v) is 3.96. The maximum atomic E-state index is 12.1. The molecular formula is C9H9BrF3NO. The highest BCUT2D eigenvalue weighted by Crippen LogP contribution is 2.35. The highest BCUT2D eigenvalue weighted by Gasteiger charge is 2.31. The number of hydrogen-bond acceptors (Lipinski definition) is 2. The summed E-state index contributed by atoms with van der Waals surface area (Å²) in [4.78, 5) is 0. The van der Waals surface area contributed by atoms with E-state index in [0.717, 1.165) is 0 Å². The molecule has 1 aromatic carbocycles. The van der Waals surface area contributed by atoms with Gasteiger partial charge in [0.1, 0.15) is 5.75 Å². The van der Waals surface area contributed by atoms with E-state index in [-0.39, 0.29) is 11.3 Å².